The van der Waals surface area contributed by atoms with E-state index in [1.807, 2.05) is 12.1 Å². The van der Waals surface area contributed by atoms with Crippen LogP contribution in [0.4, 0.5) is 17.3 Å². The molecule has 3 N–H and O–H groups in total. The molecule has 0 saturated heterocycles. The first-order valence-electron chi connectivity index (χ1n) is 5.51. The molecule has 0 amide bonds. The number of methoxy groups -OCH3 is 2. The van der Waals surface area contributed by atoms with Gasteiger partial charge < -0.3 is 20.5 Å². The van der Waals surface area contributed by atoms with Crippen LogP contribution in [0.3, 0.4) is 0 Å². The second-order valence-electron chi connectivity index (χ2n) is 3.73. The number of ether oxygens (including phenoxy) is 2. The van der Waals surface area contributed by atoms with Gasteiger partial charge in [-0.2, -0.15) is 0 Å². The number of rotatable bonds is 4. The molecule has 106 valence electrons. The van der Waals surface area contributed by atoms with Crippen LogP contribution in [0.2, 0.25) is 0 Å². The van der Waals surface area contributed by atoms with E-state index in [4.69, 9.17) is 15.2 Å². The predicted molar refractivity (Wildman–Crippen MR) is 84.7 cm³/mol. The molecule has 0 aliphatic rings. The normalized spacial score (nSPS) is 10.2. The molecule has 20 heavy (non-hydrogen) atoms. The predicted octanol–water partition coefficient (Wildman–Crippen LogP) is 3.34. The van der Waals surface area contributed by atoms with Gasteiger partial charge in [0.15, 0.2) is 11.6 Å². The zero-order valence-electron chi connectivity index (χ0n) is 10.8. The van der Waals surface area contributed by atoms with E-state index < -0.39 is 0 Å². The zero-order chi connectivity index (χ0) is 14.7. The summed E-state index contributed by atoms with van der Waals surface area (Å²) in [7, 11) is 3.11. The Balaban J connectivity index is 2.42. The Labute approximate surface area is 133 Å². The van der Waals surface area contributed by atoms with Crippen LogP contribution >= 0.6 is 31.9 Å². The minimum absolute atomic E-state index is 0.269. The Kier molecular flexibility index (Phi) is 4.66. The van der Waals surface area contributed by atoms with Crippen LogP contribution in [-0.4, -0.2) is 24.2 Å². The van der Waals surface area contributed by atoms with Gasteiger partial charge in [0, 0.05) is 10.5 Å². The standard InChI is InChI=1S/C12H12Br2N4O2/c1-19-9-4-8(6(13)3-7(9)14)18-12-10(20-2)11(15)16-5-17-12/h3-5H,1-2H3,(H3,15,16,17,18). The maximum atomic E-state index is 5.74. The quantitative estimate of drug-likeness (QED) is 0.814. The first-order chi connectivity index (χ1) is 9.56. The van der Waals surface area contributed by atoms with Crippen molar-refractivity contribution in [2.75, 3.05) is 25.3 Å². The van der Waals surface area contributed by atoms with Crippen molar-refractivity contribution >= 4 is 49.2 Å². The van der Waals surface area contributed by atoms with E-state index in [9.17, 15) is 0 Å². The highest BCUT2D eigenvalue weighted by Crippen LogP contribution is 2.37. The second-order valence-corrected chi connectivity index (χ2v) is 5.44. The summed E-state index contributed by atoms with van der Waals surface area (Å²) in [6, 6.07) is 3.70. The van der Waals surface area contributed by atoms with Crippen LogP contribution in [0, 0.1) is 0 Å². The number of anilines is 3. The van der Waals surface area contributed by atoms with Crippen molar-refractivity contribution < 1.29 is 9.47 Å². The zero-order valence-corrected chi connectivity index (χ0v) is 13.9. The van der Waals surface area contributed by atoms with Crippen LogP contribution in [0.5, 0.6) is 11.5 Å². The van der Waals surface area contributed by atoms with Gasteiger partial charge in [0.1, 0.15) is 12.1 Å². The van der Waals surface area contributed by atoms with Crippen molar-refractivity contribution in [3.63, 3.8) is 0 Å². The van der Waals surface area contributed by atoms with E-state index in [1.54, 1.807) is 7.11 Å². The van der Waals surface area contributed by atoms with Gasteiger partial charge in [0.25, 0.3) is 0 Å². The lowest BCUT2D eigenvalue weighted by Gasteiger charge is -2.14. The molecule has 0 atom stereocenters. The van der Waals surface area contributed by atoms with Gasteiger partial charge in [0.05, 0.1) is 24.4 Å². The Hall–Kier alpha value is -1.54. The third kappa shape index (κ3) is 2.96. The molecule has 0 bridgehead atoms. The lowest BCUT2D eigenvalue weighted by Crippen LogP contribution is -2.03. The molecular formula is C12H12Br2N4O2. The molecule has 6 nitrogen and oxygen atoms in total. The van der Waals surface area contributed by atoms with E-state index in [0.717, 1.165) is 14.6 Å². The number of benzene rings is 1. The highest BCUT2D eigenvalue weighted by Gasteiger charge is 2.13. The number of nitrogens with one attached hydrogen (secondary N) is 1. The summed E-state index contributed by atoms with van der Waals surface area (Å²) in [5.74, 6) is 1.83. The van der Waals surface area contributed by atoms with E-state index in [1.165, 1.54) is 13.4 Å². The molecule has 1 heterocycles. The van der Waals surface area contributed by atoms with Gasteiger partial charge in [-0.05, 0) is 37.9 Å². The molecule has 0 spiro atoms. The molecule has 0 saturated carbocycles. The number of aromatic nitrogens is 2. The number of nitrogens with two attached hydrogens (primary N) is 1. The minimum Gasteiger partial charge on any atom is -0.495 e. The smallest absolute Gasteiger partial charge is 0.204 e. The minimum atomic E-state index is 0.269. The molecule has 0 aliphatic heterocycles. The Morgan fingerprint density at radius 1 is 1.10 bits per heavy atom. The third-order valence-electron chi connectivity index (χ3n) is 2.53. The summed E-state index contributed by atoms with van der Waals surface area (Å²) >= 11 is 6.88. The maximum Gasteiger partial charge on any atom is 0.204 e. The van der Waals surface area contributed by atoms with Crippen LogP contribution in [0.15, 0.2) is 27.4 Å². The van der Waals surface area contributed by atoms with Gasteiger partial charge in [-0.25, -0.2) is 9.97 Å². The van der Waals surface area contributed by atoms with Gasteiger partial charge in [0.2, 0.25) is 5.75 Å². The molecule has 0 aliphatic carbocycles. The van der Waals surface area contributed by atoms with Crippen molar-refractivity contribution in [1.29, 1.82) is 0 Å². The molecule has 0 unspecified atom stereocenters. The van der Waals surface area contributed by atoms with E-state index >= 15 is 0 Å². The maximum absolute atomic E-state index is 5.74. The first-order valence-corrected chi connectivity index (χ1v) is 7.10. The fourth-order valence-electron chi connectivity index (χ4n) is 1.59. The summed E-state index contributed by atoms with van der Waals surface area (Å²) in [6.45, 7) is 0. The molecule has 2 rings (SSSR count). The average molecular weight is 404 g/mol. The van der Waals surface area contributed by atoms with Gasteiger partial charge >= 0.3 is 0 Å². The van der Waals surface area contributed by atoms with Crippen molar-refractivity contribution in [3.05, 3.63) is 27.4 Å². The van der Waals surface area contributed by atoms with Crippen LogP contribution in [-0.2, 0) is 0 Å². The Morgan fingerprint density at radius 2 is 1.85 bits per heavy atom. The van der Waals surface area contributed by atoms with Gasteiger partial charge in [-0.3, -0.25) is 0 Å². The molecule has 1 aromatic heterocycles. The van der Waals surface area contributed by atoms with Gasteiger partial charge in [-0.15, -0.1) is 0 Å². The fourth-order valence-corrected chi connectivity index (χ4v) is 2.84. The van der Waals surface area contributed by atoms with Crippen LogP contribution in [0.25, 0.3) is 0 Å². The monoisotopic (exact) mass is 402 g/mol. The summed E-state index contributed by atoms with van der Waals surface area (Å²) in [5.41, 5.74) is 6.51. The molecule has 1 aromatic carbocycles. The topological polar surface area (TPSA) is 82.3 Å². The van der Waals surface area contributed by atoms with Crippen molar-refractivity contribution in [2.45, 2.75) is 0 Å². The largest absolute Gasteiger partial charge is 0.495 e. The third-order valence-corrected chi connectivity index (χ3v) is 3.81. The average Bonchev–Trinajstić information content (AvgIpc) is 2.42. The molecule has 0 radical (unpaired) electrons. The highest BCUT2D eigenvalue weighted by molar-refractivity contribution is 9.11. The fraction of sp³-hybridized carbons (Fsp3) is 0.167. The summed E-state index contributed by atoms with van der Waals surface area (Å²) in [4.78, 5) is 8.00. The lowest BCUT2D eigenvalue weighted by molar-refractivity contribution is 0.412. The van der Waals surface area contributed by atoms with E-state index in [-0.39, 0.29) is 5.82 Å². The number of nitrogen functional groups attached to an aromatic ring is 1. The van der Waals surface area contributed by atoms with Crippen molar-refractivity contribution in [3.8, 4) is 11.5 Å². The van der Waals surface area contributed by atoms with Crippen molar-refractivity contribution in [2.24, 2.45) is 0 Å². The highest BCUT2D eigenvalue weighted by atomic mass is 79.9. The van der Waals surface area contributed by atoms with Crippen LogP contribution < -0.4 is 20.5 Å². The molecule has 8 heteroatoms. The van der Waals surface area contributed by atoms with E-state index in [2.05, 4.69) is 47.1 Å². The van der Waals surface area contributed by atoms with E-state index in [0.29, 0.717) is 17.3 Å². The second kappa shape index (κ2) is 6.27. The Bertz CT molecular complexity index is 637. The number of nitrogens with zero attached hydrogens (tertiary/aromatic N) is 2. The molecule has 0 fully saturated rings. The molecular weight excluding hydrogens is 392 g/mol. The molecule has 2 aromatic rings. The first kappa shape index (κ1) is 14.9. The summed E-state index contributed by atoms with van der Waals surface area (Å²) in [5, 5.41) is 3.13. The summed E-state index contributed by atoms with van der Waals surface area (Å²) in [6.07, 6.45) is 1.37. The summed E-state index contributed by atoms with van der Waals surface area (Å²) < 4.78 is 12.1. The SMILES string of the molecule is COc1cc(Nc2ncnc(N)c2OC)c(Br)cc1Br. The van der Waals surface area contributed by atoms with Gasteiger partial charge in [-0.1, -0.05) is 0 Å². The number of hydrogen-bond acceptors (Lipinski definition) is 6. The van der Waals surface area contributed by atoms with Crippen LogP contribution in [0.1, 0.15) is 0 Å². The number of hydrogen-bond donors (Lipinski definition) is 2. The van der Waals surface area contributed by atoms with Crippen molar-refractivity contribution in [1.82, 2.24) is 9.97 Å². The lowest BCUT2D eigenvalue weighted by atomic mass is 10.3. The Morgan fingerprint density at radius 3 is 2.50 bits per heavy atom. The number of halogens is 2.